The predicted molar refractivity (Wildman–Crippen MR) is 68.9 cm³/mol. The number of nitrogens with one attached hydrogen (secondary N) is 1. The van der Waals surface area contributed by atoms with Crippen LogP contribution in [0.3, 0.4) is 0 Å². The molecule has 2 rings (SSSR count). The van der Waals surface area contributed by atoms with E-state index in [1.807, 2.05) is 6.07 Å². The fourth-order valence-corrected chi connectivity index (χ4v) is 2.81. The molecule has 4 heteroatoms. The van der Waals surface area contributed by atoms with Crippen molar-refractivity contribution < 1.29 is 9.13 Å². The van der Waals surface area contributed by atoms with Crippen molar-refractivity contribution in [2.24, 2.45) is 0 Å². The predicted octanol–water partition coefficient (Wildman–Crippen LogP) is 2.82. The average Bonchev–Trinajstić information content (AvgIpc) is 2.26. The van der Waals surface area contributed by atoms with Crippen LogP contribution in [0.5, 0.6) is 0 Å². The summed E-state index contributed by atoms with van der Waals surface area (Å²) in [5, 5.41) is 3.73. The van der Waals surface area contributed by atoms with Gasteiger partial charge in [-0.1, -0.05) is 19.1 Å². The molecule has 0 atom stereocenters. The Bertz CT molecular complexity index is 368. The van der Waals surface area contributed by atoms with E-state index in [-0.39, 0.29) is 5.82 Å². The summed E-state index contributed by atoms with van der Waals surface area (Å²) in [6, 6.07) is 5.30. The number of rotatable bonds is 6. The highest BCUT2D eigenvalue weighted by atomic mass is 32.2. The van der Waals surface area contributed by atoms with Gasteiger partial charge in [0, 0.05) is 11.4 Å². The molecule has 1 fully saturated rings. The number of thioether (sulfide) groups is 1. The van der Waals surface area contributed by atoms with E-state index in [0.29, 0.717) is 5.25 Å². The van der Waals surface area contributed by atoms with E-state index in [2.05, 4.69) is 12.2 Å². The average molecular weight is 255 g/mol. The Hall–Kier alpha value is -0.580. The van der Waals surface area contributed by atoms with Crippen LogP contribution in [0.25, 0.3) is 0 Å². The molecule has 1 saturated heterocycles. The van der Waals surface area contributed by atoms with Gasteiger partial charge in [-0.2, -0.15) is 0 Å². The molecule has 0 aliphatic carbocycles. The summed E-state index contributed by atoms with van der Waals surface area (Å²) in [6.45, 7) is 5.30. The molecular formula is C13H18FNOS. The fraction of sp³-hybridized carbons (Fsp3) is 0.538. The first-order valence-corrected chi connectivity index (χ1v) is 6.91. The van der Waals surface area contributed by atoms with Crippen LogP contribution in [0, 0.1) is 5.82 Å². The second-order valence-corrected chi connectivity index (χ2v) is 5.49. The SMILES string of the molecule is CCCNCc1cccc(F)c1SC1COC1. The van der Waals surface area contributed by atoms with Crippen LogP contribution in [0.1, 0.15) is 18.9 Å². The van der Waals surface area contributed by atoms with Crippen LogP contribution >= 0.6 is 11.8 Å². The summed E-state index contributed by atoms with van der Waals surface area (Å²) in [6.07, 6.45) is 1.09. The molecule has 1 aliphatic rings. The van der Waals surface area contributed by atoms with Crippen molar-refractivity contribution in [2.75, 3.05) is 19.8 Å². The van der Waals surface area contributed by atoms with Gasteiger partial charge in [-0.25, -0.2) is 4.39 Å². The van der Waals surface area contributed by atoms with E-state index >= 15 is 0 Å². The monoisotopic (exact) mass is 255 g/mol. The summed E-state index contributed by atoms with van der Waals surface area (Å²) >= 11 is 1.60. The lowest BCUT2D eigenvalue weighted by Crippen LogP contribution is -2.30. The molecule has 0 spiro atoms. The molecule has 17 heavy (non-hydrogen) atoms. The Morgan fingerprint density at radius 2 is 2.29 bits per heavy atom. The summed E-state index contributed by atoms with van der Waals surface area (Å²) in [5.41, 5.74) is 1.05. The van der Waals surface area contributed by atoms with Crippen LogP contribution in [0.15, 0.2) is 23.1 Å². The minimum atomic E-state index is -0.113. The van der Waals surface area contributed by atoms with E-state index in [1.165, 1.54) is 6.07 Å². The Morgan fingerprint density at radius 1 is 1.47 bits per heavy atom. The zero-order valence-electron chi connectivity index (χ0n) is 10.0. The molecule has 1 aliphatic heterocycles. The molecule has 0 saturated carbocycles. The molecule has 0 radical (unpaired) electrons. The number of halogens is 1. The Kier molecular flexibility index (Phi) is 4.83. The molecule has 94 valence electrons. The van der Waals surface area contributed by atoms with Gasteiger partial charge in [0.1, 0.15) is 5.82 Å². The van der Waals surface area contributed by atoms with E-state index in [4.69, 9.17) is 4.74 Å². The first-order chi connectivity index (χ1) is 8.31. The topological polar surface area (TPSA) is 21.3 Å². The van der Waals surface area contributed by atoms with Crippen LogP contribution in [0.4, 0.5) is 4.39 Å². The van der Waals surface area contributed by atoms with Gasteiger partial charge in [0.2, 0.25) is 0 Å². The van der Waals surface area contributed by atoms with Gasteiger partial charge in [0.25, 0.3) is 0 Å². The molecular weight excluding hydrogens is 237 g/mol. The summed E-state index contributed by atoms with van der Waals surface area (Å²) in [4.78, 5) is 0.782. The zero-order valence-corrected chi connectivity index (χ0v) is 10.9. The number of hydrogen-bond acceptors (Lipinski definition) is 3. The molecule has 0 unspecified atom stereocenters. The first kappa shape index (κ1) is 12.9. The Morgan fingerprint density at radius 3 is 2.94 bits per heavy atom. The minimum absolute atomic E-state index is 0.113. The highest BCUT2D eigenvalue weighted by molar-refractivity contribution is 8.00. The van der Waals surface area contributed by atoms with Crippen molar-refractivity contribution in [3.8, 4) is 0 Å². The number of ether oxygens (including phenoxy) is 1. The second-order valence-electron chi connectivity index (χ2n) is 4.18. The fourth-order valence-electron chi connectivity index (χ4n) is 1.67. The standard InChI is InChI=1S/C13H18FNOS/c1-2-6-15-7-10-4-3-5-12(14)13(10)17-11-8-16-9-11/h3-5,11,15H,2,6-9H2,1H3. The quantitative estimate of drug-likeness (QED) is 0.790. The third-order valence-corrected chi connectivity index (χ3v) is 3.98. The molecule has 1 heterocycles. The Balaban J connectivity index is 2.03. The Labute approximate surface area is 106 Å². The van der Waals surface area contributed by atoms with Crippen molar-refractivity contribution in [1.82, 2.24) is 5.32 Å². The maximum absolute atomic E-state index is 13.8. The van der Waals surface area contributed by atoms with Crippen molar-refractivity contribution in [1.29, 1.82) is 0 Å². The summed E-state index contributed by atoms with van der Waals surface area (Å²) in [5.74, 6) is -0.113. The third kappa shape index (κ3) is 3.44. The third-order valence-electron chi connectivity index (χ3n) is 2.68. The number of hydrogen-bond donors (Lipinski definition) is 1. The van der Waals surface area contributed by atoms with E-state index in [0.717, 1.165) is 43.2 Å². The highest BCUT2D eigenvalue weighted by Crippen LogP contribution is 2.32. The summed E-state index contributed by atoms with van der Waals surface area (Å²) < 4.78 is 18.9. The lowest BCUT2D eigenvalue weighted by Gasteiger charge is -2.26. The van der Waals surface area contributed by atoms with Gasteiger partial charge >= 0.3 is 0 Å². The normalized spacial score (nSPS) is 15.9. The second kappa shape index (κ2) is 6.38. The van der Waals surface area contributed by atoms with Crippen molar-refractivity contribution in [3.05, 3.63) is 29.6 Å². The van der Waals surface area contributed by atoms with Crippen molar-refractivity contribution >= 4 is 11.8 Å². The molecule has 2 nitrogen and oxygen atoms in total. The molecule has 1 aromatic carbocycles. The lowest BCUT2D eigenvalue weighted by atomic mass is 10.2. The van der Waals surface area contributed by atoms with Crippen LogP contribution in [0.2, 0.25) is 0 Å². The maximum Gasteiger partial charge on any atom is 0.137 e. The van der Waals surface area contributed by atoms with Gasteiger partial charge in [-0.3, -0.25) is 0 Å². The molecule has 0 amide bonds. The van der Waals surface area contributed by atoms with Gasteiger partial charge < -0.3 is 10.1 Å². The van der Waals surface area contributed by atoms with Gasteiger partial charge in [-0.15, -0.1) is 11.8 Å². The van der Waals surface area contributed by atoms with Crippen LogP contribution in [-0.4, -0.2) is 25.0 Å². The zero-order chi connectivity index (χ0) is 12.1. The smallest absolute Gasteiger partial charge is 0.137 e. The van der Waals surface area contributed by atoms with Crippen molar-refractivity contribution in [3.63, 3.8) is 0 Å². The van der Waals surface area contributed by atoms with E-state index in [9.17, 15) is 4.39 Å². The summed E-state index contributed by atoms with van der Waals surface area (Å²) in [7, 11) is 0. The molecule has 0 bridgehead atoms. The van der Waals surface area contributed by atoms with E-state index < -0.39 is 0 Å². The first-order valence-electron chi connectivity index (χ1n) is 6.03. The van der Waals surface area contributed by atoms with Gasteiger partial charge in [0.15, 0.2) is 0 Å². The van der Waals surface area contributed by atoms with Crippen LogP contribution < -0.4 is 5.32 Å². The molecule has 1 N–H and O–H groups in total. The van der Waals surface area contributed by atoms with Gasteiger partial charge in [-0.05, 0) is 24.6 Å². The highest BCUT2D eigenvalue weighted by Gasteiger charge is 2.22. The molecule has 1 aromatic rings. The number of benzene rings is 1. The molecule has 0 aromatic heterocycles. The lowest BCUT2D eigenvalue weighted by molar-refractivity contribution is 0.0454. The minimum Gasteiger partial charge on any atom is -0.379 e. The van der Waals surface area contributed by atoms with Crippen molar-refractivity contribution in [2.45, 2.75) is 30.0 Å². The van der Waals surface area contributed by atoms with Crippen LogP contribution in [-0.2, 0) is 11.3 Å². The van der Waals surface area contributed by atoms with E-state index in [1.54, 1.807) is 17.8 Å². The largest absolute Gasteiger partial charge is 0.379 e. The maximum atomic E-state index is 13.8. The van der Waals surface area contributed by atoms with Gasteiger partial charge in [0.05, 0.1) is 18.5 Å².